The first-order valence-corrected chi connectivity index (χ1v) is 22.2. The maximum atomic E-state index is 2.51. The number of nitrogens with zero attached hydrogens (tertiary/aromatic N) is 2. The van der Waals surface area contributed by atoms with Gasteiger partial charge >= 0.3 is 0 Å². The van der Waals surface area contributed by atoms with E-state index in [1.54, 1.807) is 0 Å². The van der Waals surface area contributed by atoms with Crippen molar-refractivity contribution in [2.24, 2.45) is 0 Å². The Bertz CT molecular complexity index is 3070. The number of fused-ring (bicyclic) bond motifs is 15. The highest BCUT2D eigenvalue weighted by atomic mass is 32.3. The fourth-order valence-corrected chi connectivity index (χ4v) is 14.3. The lowest BCUT2D eigenvalue weighted by Gasteiger charge is -2.41. The fourth-order valence-electron chi connectivity index (χ4n) is 9.99. The molecule has 282 valence electrons. The third-order valence-electron chi connectivity index (χ3n) is 12.6. The lowest BCUT2D eigenvalue weighted by atomic mass is 9.83. The molecule has 2 heterocycles. The van der Waals surface area contributed by atoms with Crippen LogP contribution in [0.25, 0.3) is 43.4 Å². The van der Waals surface area contributed by atoms with E-state index in [4.69, 9.17) is 0 Å². The van der Waals surface area contributed by atoms with Crippen molar-refractivity contribution in [2.45, 2.75) is 45.8 Å². The minimum Gasteiger partial charge on any atom is -0.310 e. The van der Waals surface area contributed by atoms with Gasteiger partial charge in [-0.2, -0.15) is 0 Å². The number of anilines is 6. The van der Waals surface area contributed by atoms with Crippen LogP contribution in [-0.2, 0) is 5.41 Å². The van der Waals surface area contributed by atoms with Crippen molar-refractivity contribution in [2.75, 3.05) is 9.80 Å². The normalized spacial score (nSPS) is 14.6. The third kappa shape index (κ3) is 4.89. The highest BCUT2D eigenvalue weighted by Crippen LogP contribution is 2.80. The molecular weight excluding hydrogens is 733 g/mol. The molecule has 0 saturated heterocycles. The van der Waals surface area contributed by atoms with Crippen LogP contribution in [0.2, 0.25) is 0 Å². The van der Waals surface area contributed by atoms with Gasteiger partial charge in [0.25, 0.3) is 0 Å². The minimum atomic E-state index is -1.94. The van der Waals surface area contributed by atoms with E-state index in [-0.39, 0.29) is 5.41 Å². The lowest BCUT2D eigenvalue weighted by Crippen LogP contribution is -2.16. The quantitative estimate of drug-likeness (QED) is 0.161. The van der Waals surface area contributed by atoms with Crippen molar-refractivity contribution >= 4 is 76.5 Å². The van der Waals surface area contributed by atoms with Gasteiger partial charge in [0, 0.05) is 58.5 Å². The van der Waals surface area contributed by atoms with Crippen LogP contribution in [0.3, 0.4) is 0 Å². The van der Waals surface area contributed by atoms with Gasteiger partial charge in [0.15, 0.2) is 0 Å². The van der Waals surface area contributed by atoms with Crippen LogP contribution >= 0.6 is 10.0 Å². The Kier molecular flexibility index (Phi) is 7.31. The molecular formula is C56H42N2S. The van der Waals surface area contributed by atoms with Gasteiger partial charge in [-0.3, -0.25) is 0 Å². The summed E-state index contributed by atoms with van der Waals surface area (Å²) in [5.41, 5.74) is 10.9. The molecule has 0 unspecified atom stereocenters. The number of para-hydroxylation sites is 2. The topological polar surface area (TPSA) is 6.48 Å². The third-order valence-corrected chi connectivity index (χ3v) is 16.6. The zero-order valence-corrected chi connectivity index (χ0v) is 34.2. The van der Waals surface area contributed by atoms with Crippen molar-refractivity contribution in [1.29, 1.82) is 0 Å². The maximum absolute atomic E-state index is 2.51. The van der Waals surface area contributed by atoms with Crippen molar-refractivity contribution in [3.63, 3.8) is 0 Å². The Balaban J connectivity index is 1.28. The van der Waals surface area contributed by atoms with E-state index < -0.39 is 10.0 Å². The largest absolute Gasteiger partial charge is 0.310 e. The molecule has 2 aliphatic heterocycles. The average molecular weight is 775 g/mol. The standard InChI is InChI=1S/C56H42N2S/c1-56(2,3)39-32-37-28-30-48-50-36-51(49-31-29-38(33-39)54(37)55(48)49)58(41-18-8-5-9-19-41)43-21-15-23-45(35-43)59(52-26-12-10-24-46(52)47-25-11-13-27-53(47)59)44-22-14-20-42(34-44)57(50)40-16-6-4-7-17-40/h4-36H,1-3H3. The van der Waals surface area contributed by atoms with Crippen LogP contribution in [0, 0.1) is 0 Å². The fraction of sp³-hybridized carbons (Fsp3) is 0.0714. The number of hydrogen-bond acceptors (Lipinski definition) is 2. The highest BCUT2D eigenvalue weighted by molar-refractivity contribution is 8.34. The first-order chi connectivity index (χ1) is 28.9. The van der Waals surface area contributed by atoms with Crippen LogP contribution in [0.5, 0.6) is 0 Å². The summed E-state index contributed by atoms with van der Waals surface area (Å²) in [5, 5.41) is 7.63. The Labute approximate surface area is 347 Å². The second kappa shape index (κ2) is 12.6. The maximum Gasteiger partial charge on any atom is 0.0561 e. The molecule has 6 bridgehead atoms. The van der Waals surface area contributed by atoms with Crippen molar-refractivity contribution < 1.29 is 0 Å². The molecule has 0 saturated carbocycles. The second-order valence-corrected chi connectivity index (χ2v) is 20.1. The van der Waals surface area contributed by atoms with Crippen LogP contribution in [0.15, 0.2) is 220 Å². The molecule has 2 nitrogen and oxygen atoms in total. The molecule has 12 rings (SSSR count). The molecule has 59 heavy (non-hydrogen) atoms. The zero-order valence-electron chi connectivity index (χ0n) is 33.4. The SMILES string of the molecule is CC(C)(C)c1cc2ccc3c4cc(c5ccc(c1)c2c35)N(c1ccccc1)c1cccc(c1)S1(c2cccc(c2)N4c2ccccc2)c2ccccc2-c2ccccc21. The summed E-state index contributed by atoms with van der Waals surface area (Å²) in [6.45, 7) is 6.94. The Morgan fingerprint density at radius 3 is 1.29 bits per heavy atom. The Morgan fingerprint density at radius 1 is 0.373 bits per heavy atom. The summed E-state index contributed by atoms with van der Waals surface area (Å²) in [4.78, 5) is 10.5. The van der Waals surface area contributed by atoms with Crippen molar-refractivity contribution in [1.82, 2.24) is 0 Å². The van der Waals surface area contributed by atoms with Crippen LogP contribution in [0.1, 0.15) is 26.3 Å². The van der Waals surface area contributed by atoms with Crippen LogP contribution < -0.4 is 9.80 Å². The Morgan fingerprint density at radius 2 is 0.814 bits per heavy atom. The van der Waals surface area contributed by atoms with E-state index in [9.17, 15) is 0 Å². The van der Waals surface area contributed by atoms with Crippen molar-refractivity contribution in [3.05, 3.63) is 206 Å². The van der Waals surface area contributed by atoms with Gasteiger partial charge in [-0.05, 0) is 117 Å². The molecule has 10 aromatic rings. The number of benzene rings is 10. The summed E-state index contributed by atoms with van der Waals surface area (Å²) < 4.78 is 0. The second-order valence-electron chi connectivity index (χ2n) is 17.0. The van der Waals surface area contributed by atoms with E-state index in [2.05, 4.69) is 231 Å². The first-order valence-electron chi connectivity index (χ1n) is 20.6. The van der Waals surface area contributed by atoms with Gasteiger partial charge in [0.2, 0.25) is 0 Å². The molecule has 0 radical (unpaired) electrons. The molecule has 2 aliphatic rings. The summed E-state index contributed by atoms with van der Waals surface area (Å²) in [5.74, 6) is 0. The van der Waals surface area contributed by atoms with Gasteiger partial charge in [0.05, 0.1) is 11.4 Å². The van der Waals surface area contributed by atoms with Crippen LogP contribution in [-0.4, -0.2) is 0 Å². The molecule has 0 fully saturated rings. The van der Waals surface area contributed by atoms with E-state index >= 15 is 0 Å². The van der Waals surface area contributed by atoms with Gasteiger partial charge < -0.3 is 9.80 Å². The van der Waals surface area contributed by atoms with Gasteiger partial charge in [-0.25, -0.2) is 0 Å². The molecule has 0 N–H and O–H groups in total. The summed E-state index contributed by atoms with van der Waals surface area (Å²) in [7, 11) is -1.94. The lowest BCUT2D eigenvalue weighted by molar-refractivity contribution is 0.591. The average Bonchev–Trinajstić information content (AvgIpc) is 3.58. The number of hydrogen-bond donors (Lipinski definition) is 0. The van der Waals surface area contributed by atoms with E-state index in [1.807, 2.05) is 0 Å². The van der Waals surface area contributed by atoms with E-state index in [0.717, 1.165) is 34.1 Å². The Hall–Kier alpha value is -6.81. The summed E-state index contributed by atoms with van der Waals surface area (Å²) in [6, 6.07) is 75.9. The molecule has 1 spiro atoms. The molecule has 0 aromatic heterocycles. The molecule has 3 heteroatoms. The molecule has 10 aromatic carbocycles. The zero-order chi connectivity index (χ0) is 39.5. The van der Waals surface area contributed by atoms with Gasteiger partial charge in [0.1, 0.15) is 0 Å². The van der Waals surface area contributed by atoms with Gasteiger partial charge in [-0.1, -0.05) is 142 Å². The predicted molar refractivity (Wildman–Crippen MR) is 251 cm³/mol. The molecule has 0 atom stereocenters. The number of rotatable bonds is 2. The predicted octanol–water partition coefficient (Wildman–Crippen LogP) is 16.5. The van der Waals surface area contributed by atoms with Crippen LogP contribution in [0.4, 0.5) is 34.1 Å². The van der Waals surface area contributed by atoms with Gasteiger partial charge in [-0.15, -0.1) is 10.0 Å². The summed E-state index contributed by atoms with van der Waals surface area (Å²) >= 11 is 0. The monoisotopic (exact) mass is 774 g/mol. The van der Waals surface area contributed by atoms with E-state index in [0.29, 0.717) is 0 Å². The van der Waals surface area contributed by atoms with Crippen molar-refractivity contribution in [3.8, 4) is 11.1 Å². The summed E-state index contributed by atoms with van der Waals surface area (Å²) in [6.07, 6.45) is 0. The molecule has 0 aliphatic carbocycles. The highest BCUT2D eigenvalue weighted by Gasteiger charge is 2.42. The molecule has 0 amide bonds. The van der Waals surface area contributed by atoms with E-state index in [1.165, 1.54) is 68.6 Å². The first kappa shape index (κ1) is 34.3. The minimum absolute atomic E-state index is 0.0263. The smallest absolute Gasteiger partial charge is 0.0561 e.